The lowest BCUT2D eigenvalue weighted by Crippen LogP contribution is -2.30. The Morgan fingerprint density at radius 1 is 1.15 bits per heavy atom. The number of ether oxygens (including phenoxy) is 1. The summed E-state index contributed by atoms with van der Waals surface area (Å²) in [6.07, 6.45) is 1.64. The van der Waals surface area contributed by atoms with Crippen molar-refractivity contribution in [2.75, 3.05) is 13.2 Å². The van der Waals surface area contributed by atoms with Crippen molar-refractivity contribution in [1.29, 1.82) is 0 Å². The Kier molecular flexibility index (Phi) is 5.96. The van der Waals surface area contributed by atoms with Crippen LogP contribution in [-0.2, 0) is 9.59 Å². The first-order valence-corrected chi connectivity index (χ1v) is 10.0. The number of carbonyl (C=O) groups excluding carboxylic acids is 2. The highest BCUT2D eigenvalue weighted by molar-refractivity contribution is 7.10. The van der Waals surface area contributed by atoms with Gasteiger partial charge in [0.1, 0.15) is 11.5 Å². The summed E-state index contributed by atoms with van der Waals surface area (Å²) in [6, 6.07) is 10.2. The van der Waals surface area contributed by atoms with Gasteiger partial charge in [-0.3, -0.25) is 9.59 Å². The van der Waals surface area contributed by atoms with E-state index in [1.165, 1.54) is 11.3 Å². The summed E-state index contributed by atoms with van der Waals surface area (Å²) in [7, 11) is 0. The Balaban J connectivity index is 2.02. The zero-order valence-corrected chi connectivity index (χ0v) is 16.3. The fourth-order valence-corrected chi connectivity index (χ4v) is 4.02. The van der Waals surface area contributed by atoms with Crippen molar-refractivity contribution in [1.82, 2.24) is 4.90 Å². The van der Waals surface area contributed by atoms with Gasteiger partial charge < -0.3 is 14.7 Å². The second-order valence-electron chi connectivity index (χ2n) is 6.38. The molecular weight excluding hydrogens is 362 g/mol. The number of ketones is 1. The Morgan fingerprint density at radius 3 is 2.48 bits per heavy atom. The van der Waals surface area contributed by atoms with Gasteiger partial charge in [0.05, 0.1) is 18.2 Å². The zero-order chi connectivity index (χ0) is 19.4. The maximum Gasteiger partial charge on any atom is 0.295 e. The number of Topliss-reactive ketones (excluding diaryl/α,β-unsaturated/α-hetero) is 1. The van der Waals surface area contributed by atoms with E-state index in [-0.39, 0.29) is 11.3 Å². The fourth-order valence-electron chi connectivity index (χ4n) is 3.18. The van der Waals surface area contributed by atoms with Crippen molar-refractivity contribution in [2.45, 2.75) is 32.7 Å². The summed E-state index contributed by atoms with van der Waals surface area (Å²) in [6.45, 7) is 5.07. The van der Waals surface area contributed by atoms with E-state index in [9.17, 15) is 14.7 Å². The number of hydrogen-bond donors (Lipinski definition) is 1. The van der Waals surface area contributed by atoms with Crippen molar-refractivity contribution < 1.29 is 19.4 Å². The normalized spacial score (nSPS) is 18.9. The summed E-state index contributed by atoms with van der Waals surface area (Å²) in [5, 5.41) is 12.8. The molecule has 6 heteroatoms. The number of benzene rings is 1. The quantitative estimate of drug-likeness (QED) is 0.437. The van der Waals surface area contributed by atoms with Gasteiger partial charge >= 0.3 is 0 Å². The number of carbonyl (C=O) groups is 2. The zero-order valence-electron chi connectivity index (χ0n) is 15.5. The topological polar surface area (TPSA) is 66.8 Å². The molecule has 5 nitrogen and oxygen atoms in total. The Labute approximate surface area is 162 Å². The third kappa shape index (κ3) is 3.76. The molecule has 2 heterocycles. The van der Waals surface area contributed by atoms with Crippen LogP contribution in [0.25, 0.3) is 5.76 Å². The van der Waals surface area contributed by atoms with Crippen molar-refractivity contribution >= 4 is 28.8 Å². The number of nitrogens with zero attached hydrogens (tertiary/aromatic N) is 1. The monoisotopic (exact) mass is 385 g/mol. The predicted molar refractivity (Wildman–Crippen MR) is 106 cm³/mol. The van der Waals surface area contributed by atoms with Crippen LogP contribution in [0.3, 0.4) is 0 Å². The minimum absolute atomic E-state index is 0.146. The molecule has 0 saturated carbocycles. The van der Waals surface area contributed by atoms with Gasteiger partial charge in [-0.05, 0) is 48.6 Å². The van der Waals surface area contributed by atoms with E-state index in [0.29, 0.717) is 24.5 Å². The SMILES string of the molecule is CCCOc1ccc(/C(O)=C2/C(=O)C(=O)N(CCC)C2c2cccs2)cc1. The highest BCUT2D eigenvalue weighted by atomic mass is 32.1. The minimum atomic E-state index is -0.634. The molecule has 27 heavy (non-hydrogen) atoms. The lowest BCUT2D eigenvalue weighted by atomic mass is 10.00. The molecule has 142 valence electrons. The second-order valence-corrected chi connectivity index (χ2v) is 7.36. The van der Waals surface area contributed by atoms with Gasteiger partial charge in [-0.15, -0.1) is 11.3 Å². The molecule has 1 fully saturated rings. The van der Waals surface area contributed by atoms with Crippen LogP contribution in [0, 0.1) is 0 Å². The van der Waals surface area contributed by atoms with Gasteiger partial charge in [0.25, 0.3) is 11.7 Å². The maximum atomic E-state index is 12.7. The standard InChI is InChI=1S/C21H23NO4S/c1-3-11-22-18(16-6-5-13-27-16)17(20(24)21(22)25)19(23)14-7-9-15(10-8-14)26-12-4-2/h5-10,13,18,23H,3-4,11-12H2,1-2H3/b19-17-. The molecule has 3 rings (SSSR count). The van der Waals surface area contributed by atoms with E-state index in [1.807, 2.05) is 31.4 Å². The first-order chi connectivity index (χ1) is 13.1. The molecule has 1 unspecified atom stereocenters. The van der Waals surface area contributed by atoms with Crippen LogP contribution < -0.4 is 4.74 Å². The van der Waals surface area contributed by atoms with Gasteiger partial charge in [0, 0.05) is 17.0 Å². The van der Waals surface area contributed by atoms with Crippen molar-refractivity contribution in [3.8, 4) is 5.75 Å². The lowest BCUT2D eigenvalue weighted by molar-refractivity contribution is -0.139. The molecular formula is C21H23NO4S. The molecule has 1 aromatic carbocycles. The molecule has 0 radical (unpaired) electrons. The lowest BCUT2D eigenvalue weighted by Gasteiger charge is -2.23. The molecule has 1 saturated heterocycles. The van der Waals surface area contributed by atoms with Gasteiger partial charge in [-0.1, -0.05) is 19.9 Å². The van der Waals surface area contributed by atoms with E-state index in [2.05, 4.69) is 0 Å². The van der Waals surface area contributed by atoms with E-state index in [4.69, 9.17) is 4.74 Å². The van der Waals surface area contributed by atoms with Crippen LogP contribution in [0.15, 0.2) is 47.4 Å². The number of aliphatic hydroxyl groups excluding tert-OH is 1. The third-order valence-corrected chi connectivity index (χ3v) is 5.34. The van der Waals surface area contributed by atoms with Crippen LogP contribution in [0.1, 0.15) is 43.2 Å². The Hall–Kier alpha value is -2.60. The molecule has 0 bridgehead atoms. The van der Waals surface area contributed by atoms with Gasteiger partial charge in [-0.2, -0.15) is 0 Å². The van der Waals surface area contributed by atoms with E-state index in [0.717, 1.165) is 17.7 Å². The number of amides is 1. The first-order valence-electron chi connectivity index (χ1n) is 9.13. The molecule has 1 N–H and O–H groups in total. The van der Waals surface area contributed by atoms with Gasteiger partial charge in [0.2, 0.25) is 0 Å². The number of rotatable bonds is 7. The summed E-state index contributed by atoms with van der Waals surface area (Å²) in [5.74, 6) is -0.632. The van der Waals surface area contributed by atoms with Crippen LogP contribution >= 0.6 is 11.3 Å². The molecule has 1 amide bonds. The summed E-state index contributed by atoms with van der Waals surface area (Å²) >= 11 is 1.47. The molecule has 1 aliphatic heterocycles. The largest absolute Gasteiger partial charge is 0.507 e. The van der Waals surface area contributed by atoms with Crippen LogP contribution in [-0.4, -0.2) is 34.8 Å². The van der Waals surface area contributed by atoms with Crippen molar-refractivity contribution in [2.24, 2.45) is 0 Å². The maximum absolute atomic E-state index is 12.7. The first kappa shape index (κ1) is 19.2. The van der Waals surface area contributed by atoms with E-state index in [1.54, 1.807) is 29.2 Å². The molecule has 1 atom stereocenters. The summed E-state index contributed by atoms with van der Waals surface area (Å²) in [5.41, 5.74) is 0.646. The summed E-state index contributed by atoms with van der Waals surface area (Å²) in [4.78, 5) is 27.6. The van der Waals surface area contributed by atoms with Crippen LogP contribution in [0.2, 0.25) is 0 Å². The molecule has 0 spiro atoms. The summed E-state index contributed by atoms with van der Waals surface area (Å²) < 4.78 is 5.56. The van der Waals surface area contributed by atoms with Crippen molar-refractivity contribution in [3.63, 3.8) is 0 Å². The number of aliphatic hydroxyl groups is 1. The Bertz CT molecular complexity index is 840. The van der Waals surface area contributed by atoms with Gasteiger partial charge in [0.15, 0.2) is 0 Å². The fraction of sp³-hybridized carbons (Fsp3) is 0.333. The molecule has 2 aromatic rings. The highest BCUT2D eigenvalue weighted by Gasteiger charge is 2.46. The van der Waals surface area contributed by atoms with E-state index < -0.39 is 17.7 Å². The average molecular weight is 385 g/mol. The third-order valence-electron chi connectivity index (χ3n) is 4.42. The van der Waals surface area contributed by atoms with Gasteiger partial charge in [-0.25, -0.2) is 0 Å². The molecule has 1 aromatic heterocycles. The Morgan fingerprint density at radius 2 is 1.89 bits per heavy atom. The average Bonchev–Trinajstić information content (AvgIpc) is 3.29. The smallest absolute Gasteiger partial charge is 0.295 e. The van der Waals surface area contributed by atoms with Crippen LogP contribution in [0.4, 0.5) is 0 Å². The number of thiophene rings is 1. The number of hydrogen-bond acceptors (Lipinski definition) is 5. The highest BCUT2D eigenvalue weighted by Crippen LogP contribution is 2.41. The van der Waals surface area contributed by atoms with Crippen molar-refractivity contribution in [3.05, 3.63) is 57.8 Å². The molecule has 0 aliphatic carbocycles. The second kappa shape index (κ2) is 8.39. The predicted octanol–water partition coefficient (Wildman–Crippen LogP) is 4.37. The van der Waals surface area contributed by atoms with Crippen LogP contribution in [0.5, 0.6) is 5.75 Å². The molecule has 1 aliphatic rings. The number of likely N-dealkylation sites (tertiary alicyclic amines) is 1. The minimum Gasteiger partial charge on any atom is -0.507 e. The van der Waals surface area contributed by atoms with E-state index >= 15 is 0 Å².